The molecule has 3 rings (SSSR count). The molecule has 29 heavy (non-hydrogen) atoms. The summed E-state index contributed by atoms with van der Waals surface area (Å²) in [4.78, 5) is 42.5. The topological polar surface area (TPSA) is 78.3 Å². The van der Waals surface area contributed by atoms with Gasteiger partial charge in [0.2, 0.25) is 11.2 Å². The Morgan fingerprint density at radius 3 is 2.41 bits per heavy atom. The van der Waals surface area contributed by atoms with E-state index in [1.54, 1.807) is 28.8 Å². The molecule has 0 unspecified atom stereocenters. The number of benzene rings is 1. The minimum absolute atomic E-state index is 0.106. The number of carbonyl (C=O) groups is 2. The molecule has 0 bridgehead atoms. The van der Waals surface area contributed by atoms with Crippen LogP contribution in [-0.2, 0) is 17.7 Å². The molecule has 0 radical (unpaired) electrons. The minimum atomic E-state index is -1.00. The van der Waals surface area contributed by atoms with Gasteiger partial charge in [-0.2, -0.15) is 0 Å². The quantitative estimate of drug-likeness (QED) is 0.472. The average molecular weight is 392 g/mol. The van der Waals surface area contributed by atoms with Crippen LogP contribution in [-0.4, -0.2) is 27.4 Å². The van der Waals surface area contributed by atoms with Crippen LogP contribution in [0.5, 0.6) is 0 Å². The largest absolute Gasteiger partial charge is 0.451 e. The number of aryl methyl sites for hydroxylation is 3. The molecule has 0 aliphatic rings. The summed E-state index contributed by atoms with van der Waals surface area (Å²) >= 11 is 0. The summed E-state index contributed by atoms with van der Waals surface area (Å²) in [5.74, 6) is -1.12. The van der Waals surface area contributed by atoms with Gasteiger partial charge in [0.25, 0.3) is 0 Å². The first-order chi connectivity index (χ1) is 13.8. The van der Waals surface area contributed by atoms with E-state index < -0.39 is 17.5 Å². The van der Waals surface area contributed by atoms with E-state index in [4.69, 9.17) is 4.74 Å². The molecule has 6 heteroatoms. The second-order valence-corrected chi connectivity index (χ2v) is 6.94. The molecule has 3 aromatic rings. The molecular formula is C23H24N2O4. The molecule has 0 spiro atoms. The normalized spacial score (nSPS) is 12.0. The van der Waals surface area contributed by atoms with Gasteiger partial charge in [-0.3, -0.25) is 9.59 Å². The maximum atomic E-state index is 12.8. The van der Waals surface area contributed by atoms with E-state index in [2.05, 4.69) is 4.98 Å². The van der Waals surface area contributed by atoms with Gasteiger partial charge in [0.1, 0.15) is 11.2 Å². The predicted octanol–water partition coefficient (Wildman–Crippen LogP) is 3.72. The third-order valence-electron chi connectivity index (χ3n) is 4.92. The molecule has 2 aromatic heterocycles. The number of rotatable bonds is 6. The Morgan fingerprint density at radius 1 is 1.10 bits per heavy atom. The van der Waals surface area contributed by atoms with Gasteiger partial charge in [0.05, 0.1) is 5.39 Å². The lowest BCUT2D eigenvalue weighted by molar-refractivity contribution is 0.0317. The number of pyridine rings is 2. The molecule has 6 nitrogen and oxygen atoms in total. The molecule has 0 saturated heterocycles. The third-order valence-corrected chi connectivity index (χ3v) is 4.92. The van der Waals surface area contributed by atoms with Crippen molar-refractivity contribution in [3.05, 3.63) is 75.2 Å². The lowest BCUT2D eigenvalue weighted by atomic mass is 10.0. The number of esters is 1. The molecule has 0 aliphatic carbocycles. The fourth-order valence-electron chi connectivity index (χ4n) is 3.16. The molecule has 0 amide bonds. The first-order valence-corrected chi connectivity index (χ1v) is 9.70. The lowest BCUT2D eigenvalue weighted by Gasteiger charge is -2.14. The molecular weight excluding hydrogens is 368 g/mol. The van der Waals surface area contributed by atoms with E-state index in [1.807, 2.05) is 32.9 Å². The zero-order chi connectivity index (χ0) is 21.1. The summed E-state index contributed by atoms with van der Waals surface area (Å²) in [7, 11) is 0. The first-order valence-electron chi connectivity index (χ1n) is 9.70. The van der Waals surface area contributed by atoms with Gasteiger partial charge in [0, 0.05) is 24.0 Å². The number of nitrogens with zero attached hydrogens (tertiary/aromatic N) is 2. The Bertz CT molecular complexity index is 1130. The van der Waals surface area contributed by atoms with Crippen molar-refractivity contribution >= 4 is 22.8 Å². The summed E-state index contributed by atoms with van der Waals surface area (Å²) in [6.07, 6.45) is 1.32. The van der Waals surface area contributed by atoms with Gasteiger partial charge in [-0.15, -0.1) is 0 Å². The van der Waals surface area contributed by atoms with Gasteiger partial charge in [-0.05, 0) is 44.9 Å². The van der Waals surface area contributed by atoms with Crippen LogP contribution in [0.4, 0.5) is 0 Å². The molecule has 150 valence electrons. The van der Waals surface area contributed by atoms with E-state index in [0.29, 0.717) is 23.1 Å². The molecule has 0 N–H and O–H groups in total. The van der Waals surface area contributed by atoms with Crippen molar-refractivity contribution < 1.29 is 14.3 Å². The van der Waals surface area contributed by atoms with Crippen LogP contribution in [0.2, 0.25) is 0 Å². The fourth-order valence-corrected chi connectivity index (χ4v) is 3.16. The van der Waals surface area contributed by atoms with Crippen LogP contribution in [0.1, 0.15) is 52.7 Å². The Balaban J connectivity index is 1.89. The third kappa shape index (κ3) is 4.11. The number of hydrogen-bond donors (Lipinski definition) is 0. The smallest absolute Gasteiger partial charge is 0.344 e. The summed E-state index contributed by atoms with van der Waals surface area (Å²) in [5, 5.41) is 0.348. The average Bonchev–Trinajstić information content (AvgIpc) is 2.73. The van der Waals surface area contributed by atoms with Crippen LogP contribution in [0.15, 0.2) is 47.4 Å². The highest BCUT2D eigenvalue weighted by molar-refractivity contribution is 6.01. The second kappa shape index (κ2) is 8.39. The number of ether oxygens (including phenoxy) is 1. The maximum absolute atomic E-state index is 12.8. The lowest BCUT2D eigenvalue weighted by Crippen LogP contribution is -2.28. The summed E-state index contributed by atoms with van der Waals surface area (Å²) in [6.45, 7) is 7.82. The number of aromatic nitrogens is 2. The molecule has 1 atom stereocenters. The number of fused-ring (bicyclic) bond motifs is 1. The van der Waals surface area contributed by atoms with Gasteiger partial charge < -0.3 is 9.30 Å². The maximum Gasteiger partial charge on any atom is 0.344 e. The van der Waals surface area contributed by atoms with Crippen molar-refractivity contribution in [1.29, 1.82) is 0 Å². The van der Waals surface area contributed by atoms with E-state index >= 15 is 0 Å². The number of carbonyl (C=O) groups excluding carboxylic acids is 2. The zero-order valence-electron chi connectivity index (χ0n) is 17.1. The Labute approximate surface area is 169 Å². The van der Waals surface area contributed by atoms with E-state index in [9.17, 15) is 14.4 Å². The summed E-state index contributed by atoms with van der Waals surface area (Å²) in [6, 6.07) is 10.6. The Morgan fingerprint density at radius 2 is 1.79 bits per heavy atom. The first kappa shape index (κ1) is 20.5. The van der Waals surface area contributed by atoms with Crippen molar-refractivity contribution in [1.82, 2.24) is 9.55 Å². The van der Waals surface area contributed by atoms with Gasteiger partial charge in [-0.1, -0.05) is 31.2 Å². The molecule has 0 saturated carbocycles. The Kier molecular flexibility index (Phi) is 5.92. The molecule has 0 aliphatic heterocycles. The van der Waals surface area contributed by atoms with Crippen molar-refractivity contribution in [2.45, 2.75) is 46.8 Å². The molecule has 1 aromatic carbocycles. The SMILES string of the molecule is CCc1ccc(C(=O)[C@@H](C)OC(=O)c2cn(CC)c3nc(C)ccc3c2=O)cc1. The van der Waals surface area contributed by atoms with Crippen LogP contribution < -0.4 is 5.43 Å². The fraction of sp³-hybridized carbons (Fsp3) is 0.304. The van der Waals surface area contributed by atoms with E-state index in [1.165, 1.54) is 13.1 Å². The van der Waals surface area contributed by atoms with Crippen molar-refractivity contribution in [2.75, 3.05) is 0 Å². The number of ketones is 1. The van der Waals surface area contributed by atoms with Crippen LogP contribution >= 0.6 is 0 Å². The monoisotopic (exact) mass is 392 g/mol. The number of Topliss-reactive ketones (excluding diaryl/α,β-unsaturated/α-hetero) is 1. The van der Waals surface area contributed by atoms with Crippen molar-refractivity contribution in [3.63, 3.8) is 0 Å². The van der Waals surface area contributed by atoms with Gasteiger partial charge >= 0.3 is 5.97 Å². The Hall–Kier alpha value is -3.28. The van der Waals surface area contributed by atoms with Gasteiger partial charge in [0.15, 0.2) is 6.10 Å². The standard InChI is InChI=1S/C23H24N2O4/c1-5-16-8-10-17(11-9-16)20(26)15(4)29-23(28)19-13-25(6-2)22-18(21(19)27)12-7-14(3)24-22/h7-13,15H,5-6H2,1-4H3/t15-/m1/s1. The van der Waals surface area contributed by atoms with Crippen molar-refractivity contribution in [3.8, 4) is 0 Å². The van der Waals surface area contributed by atoms with E-state index in [0.717, 1.165) is 17.7 Å². The van der Waals surface area contributed by atoms with E-state index in [-0.39, 0.29) is 11.3 Å². The molecule has 0 fully saturated rings. The second-order valence-electron chi connectivity index (χ2n) is 6.94. The number of hydrogen-bond acceptors (Lipinski definition) is 5. The van der Waals surface area contributed by atoms with Crippen molar-refractivity contribution in [2.24, 2.45) is 0 Å². The highest BCUT2D eigenvalue weighted by Gasteiger charge is 2.23. The molecule has 2 heterocycles. The highest BCUT2D eigenvalue weighted by Crippen LogP contribution is 2.14. The van der Waals surface area contributed by atoms with Crippen LogP contribution in [0, 0.1) is 6.92 Å². The summed E-state index contributed by atoms with van der Waals surface area (Å²) < 4.78 is 7.07. The van der Waals surface area contributed by atoms with Gasteiger partial charge in [-0.25, -0.2) is 9.78 Å². The zero-order valence-corrected chi connectivity index (χ0v) is 17.1. The minimum Gasteiger partial charge on any atom is -0.451 e. The highest BCUT2D eigenvalue weighted by atomic mass is 16.5. The summed E-state index contributed by atoms with van der Waals surface area (Å²) in [5.41, 5.74) is 2.33. The van der Waals surface area contributed by atoms with Crippen LogP contribution in [0.25, 0.3) is 11.0 Å². The predicted molar refractivity (Wildman–Crippen MR) is 111 cm³/mol. The van der Waals surface area contributed by atoms with Crippen LogP contribution in [0.3, 0.4) is 0 Å².